The van der Waals surface area contributed by atoms with E-state index < -0.39 is 5.82 Å². The zero-order valence-electron chi connectivity index (χ0n) is 22.9. The van der Waals surface area contributed by atoms with Gasteiger partial charge in [-0.25, -0.2) is 19.2 Å². The summed E-state index contributed by atoms with van der Waals surface area (Å²) in [6, 6.07) is 13.3. The lowest BCUT2D eigenvalue weighted by atomic mass is 9.91. The molecule has 1 N–H and O–H groups in total. The van der Waals surface area contributed by atoms with Gasteiger partial charge in [-0.05, 0) is 60.2 Å². The van der Waals surface area contributed by atoms with Crippen molar-refractivity contribution in [2.75, 3.05) is 25.2 Å². The van der Waals surface area contributed by atoms with Crippen LogP contribution in [0.4, 0.5) is 15.8 Å². The maximum absolute atomic E-state index is 14.7. The molecule has 9 heteroatoms. The third-order valence-corrected chi connectivity index (χ3v) is 7.49. The summed E-state index contributed by atoms with van der Waals surface area (Å²) < 4.78 is 20.0. The number of halogens is 1. The average molecular weight is 552 g/mol. The molecule has 2 atom stereocenters. The van der Waals surface area contributed by atoms with Crippen LogP contribution < -0.4 is 9.64 Å². The van der Waals surface area contributed by atoms with Gasteiger partial charge in [0.1, 0.15) is 17.3 Å². The molecule has 0 amide bonds. The molecule has 208 valence electrons. The van der Waals surface area contributed by atoms with Crippen LogP contribution in [0, 0.1) is 18.3 Å². The summed E-state index contributed by atoms with van der Waals surface area (Å²) in [6.45, 7) is 10.5. The summed E-state index contributed by atoms with van der Waals surface area (Å²) in [5.74, 6) is -0.0600. The Morgan fingerprint density at radius 1 is 1.20 bits per heavy atom. The monoisotopic (exact) mass is 551 g/mol. The van der Waals surface area contributed by atoms with Crippen molar-refractivity contribution < 1.29 is 19.0 Å². The quantitative estimate of drug-likeness (QED) is 0.214. The van der Waals surface area contributed by atoms with Crippen LogP contribution in [0.25, 0.3) is 27.4 Å². The first-order chi connectivity index (χ1) is 19.9. The lowest BCUT2D eigenvalue weighted by molar-refractivity contribution is 0.0988. The molecule has 2 aromatic carbocycles. The van der Waals surface area contributed by atoms with Crippen molar-refractivity contribution in [3.63, 3.8) is 0 Å². The van der Waals surface area contributed by atoms with Crippen LogP contribution in [0.3, 0.4) is 0 Å². The molecule has 8 nitrogen and oxygen atoms in total. The smallest absolute Gasteiger partial charge is 0.197 e. The van der Waals surface area contributed by atoms with E-state index in [1.807, 2.05) is 18.2 Å². The Balaban J connectivity index is 1.54. The Hall–Kier alpha value is -4.68. The number of aliphatic hydroxyl groups is 1. The number of aromatic nitrogens is 3. The summed E-state index contributed by atoms with van der Waals surface area (Å²) in [5, 5.41) is 10.2. The van der Waals surface area contributed by atoms with Gasteiger partial charge in [0.2, 0.25) is 0 Å². The first-order valence-electron chi connectivity index (χ1n) is 13.4. The fourth-order valence-corrected chi connectivity index (χ4v) is 5.34. The molecule has 4 aromatic rings. The molecule has 0 radical (unpaired) electrons. The minimum atomic E-state index is -0.546. The first kappa shape index (κ1) is 27.9. The number of aliphatic hydroxyl groups excluding tert-OH is 1. The number of nitrogens with zero attached hydrogens (tertiary/aromatic N) is 5. The summed E-state index contributed by atoms with van der Waals surface area (Å²) in [6.07, 6.45) is 6.56. The Kier molecular flexibility index (Phi) is 8.31. The predicted molar refractivity (Wildman–Crippen MR) is 155 cm³/mol. The lowest BCUT2D eigenvalue weighted by Gasteiger charge is -2.40. The molecule has 1 saturated heterocycles. The second-order valence-corrected chi connectivity index (χ2v) is 10.2. The van der Waals surface area contributed by atoms with Crippen LogP contribution in [0.5, 0.6) is 5.75 Å². The molecule has 0 aliphatic carbocycles. The van der Waals surface area contributed by atoms with E-state index in [9.17, 15) is 14.3 Å². The number of carbonyl (C=O) groups excluding carboxylic acids is 1. The van der Waals surface area contributed by atoms with Gasteiger partial charge in [-0.3, -0.25) is 9.78 Å². The number of piperidine rings is 1. The molecule has 0 spiro atoms. The first-order valence-corrected chi connectivity index (χ1v) is 13.4. The Morgan fingerprint density at radius 3 is 2.83 bits per heavy atom. The molecule has 3 heterocycles. The number of anilines is 1. The van der Waals surface area contributed by atoms with Crippen molar-refractivity contribution >= 4 is 17.2 Å². The summed E-state index contributed by atoms with van der Waals surface area (Å²) in [4.78, 5) is 32.3. The fraction of sp³-hybridized carbons (Fsp3) is 0.281. The summed E-state index contributed by atoms with van der Waals surface area (Å²) in [7, 11) is 1.44. The summed E-state index contributed by atoms with van der Waals surface area (Å²) in [5.41, 5.74) is 3.83. The van der Waals surface area contributed by atoms with Crippen LogP contribution in [0.2, 0.25) is 0 Å². The van der Waals surface area contributed by atoms with Crippen LogP contribution in [0.1, 0.15) is 35.8 Å². The van der Waals surface area contributed by atoms with Gasteiger partial charge < -0.3 is 14.7 Å². The highest BCUT2D eigenvalue weighted by Crippen LogP contribution is 2.37. The molecule has 0 saturated carbocycles. The standard InChI is InChI=1S/C32H30FN5O3/c1-20-7-10-23(19-39)38(18-20)28-15-21(24-17-35-13-11-26(24)34-2)8-9-22(28)16-29(40)27-12-14-36-32(37-27)31-25(33)5-4-6-30(31)41-3/h4-6,8-9,11-15,17,20,23,39H,7,10,16,18-19H2,1,3H3/t20-,23+/m1/s1. The Morgan fingerprint density at radius 2 is 2.05 bits per heavy atom. The maximum atomic E-state index is 14.7. The number of pyridine rings is 1. The van der Waals surface area contributed by atoms with Gasteiger partial charge in [-0.15, -0.1) is 0 Å². The van der Waals surface area contributed by atoms with Crippen molar-refractivity contribution in [2.24, 2.45) is 5.92 Å². The highest BCUT2D eigenvalue weighted by molar-refractivity contribution is 5.97. The molecule has 41 heavy (non-hydrogen) atoms. The molecule has 2 aromatic heterocycles. The van der Waals surface area contributed by atoms with Gasteiger partial charge >= 0.3 is 0 Å². The van der Waals surface area contributed by atoms with Crippen LogP contribution in [-0.2, 0) is 6.42 Å². The van der Waals surface area contributed by atoms with E-state index in [1.165, 1.54) is 31.5 Å². The van der Waals surface area contributed by atoms with Crippen molar-refractivity contribution in [2.45, 2.75) is 32.2 Å². The van der Waals surface area contributed by atoms with Gasteiger partial charge in [0.25, 0.3) is 0 Å². The normalized spacial score (nSPS) is 16.7. The average Bonchev–Trinajstić information content (AvgIpc) is 3.01. The van der Waals surface area contributed by atoms with Crippen molar-refractivity contribution in [1.29, 1.82) is 0 Å². The molecular weight excluding hydrogens is 521 g/mol. The number of Topliss-reactive ketones (excluding diaryl/α,β-unsaturated/α-hetero) is 1. The minimum Gasteiger partial charge on any atom is -0.496 e. The van der Waals surface area contributed by atoms with Crippen molar-refractivity contribution in [3.8, 4) is 28.3 Å². The number of ketones is 1. The van der Waals surface area contributed by atoms with E-state index in [0.717, 1.165) is 36.2 Å². The highest BCUT2D eigenvalue weighted by atomic mass is 19.1. The van der Waals surface area contributed by atoms with E-state index in [4.69, 9.17) is 11.3 Å². The third-order valence-electron chi connectivity index (χ3n) is 7.49. The zero-order chi connectivity index (χ0) is 28.9. The van der Waals surface area contributed by atoms with Crippen LogP contribution >= 0.6 is 0 Å². The van der Waals surface area contributed by atoms with Gasteiger partial charge in [-0.1, -0.05) is 25.1 Å². The van der Waals surface area contributed by atoms with E-state index >= 15 is 0 Å². The molecule has 1 aliphatic heterocycles. The minimum absolute atomic E-state index is 0.00965. The second kappa shape index (κ2) is 12.2. The predicted octanol–water partition coefficient (Wildman–Crippen LogP) is 5.93. The van der Waals surface area contributed by atoms with Gasteiger partial charge in [0.05, 0.1) is 31.9 Å². The summed E-state index contributed by atoms with van der Waals surface area (Å²) >= 11 is 0. The molecular formula is C32H30FN5O3. The van der Waals surface area contributed by atoms with Crippen molar-refractivity contribution in [3.05, 3.63) is 95.6 Å². The number of methoxy groups -OCH3 is 1. The van der Waals surface area contributed by atoms with Crippen LogP contribution in [-0.4, -0.2) is 52.1 Å². The number of benzene rings is 2. The third kappa shape index (κ3) is 5.79. The SMILES string of the molecule is [C-]#[N+]c1ccncc1-c1ccc(CC(=O)c2ccnc(-c3c(F)cccc3OC)n2)c(N2C[C@H](C)CC[C@H]2CO)c1. The fourth-order valence-electron chi connectivity index (χ4n) is 5.34. The topological polar surface area (TPSA) is 92.8 Å². The van der Waals surface area contributed by atoms with E-state index in [2.05, 4.69) is 31.6 Å². The Bertz CT molecular complexity index is 1620. The van der Waals surface area contributed by atoms with Crippen LogP contribution in [0.15, 0.2) is 67.1 Å². The number of hydrogen-bond acceptors (Lipinski definition) is 7. The Labute approximate surface area is 238 Å². The zero-order valence-corrected chi connectivity index (χ0v) is 22.9. The number of carbonyl (C=O) groups is 1. The largest absolute Gasteiger partial charge is 0.496 e. The molecule has 1 fully saturated rings. The molecule has 1 aliphatic rings. The van der Waals surface area contributed by atoms with Gasteiger partial charge in [-0.2, -0.15) is 0 Å². The lowest BCUT2D eigenvalue weighted by Crippen LogP contribution is -2.45. The van der Waals surface area contributed by atoms with E-state index in [0.29, 0.717) is 17.2 Å². The second-order valence-electron chi connectivity index (χ2n) is 10.2. The van der Waals surface area contributed by atoms with E-state index in [-0.39, 0.29) is 47.7 Å². The van der Waals surface area contributed by atoms with Gasteiger partial charge in [0, 0.05) is 42.8 Å². The van der Waals surface area contributed by atoms with E-state index in [1.54, 1.807) is 24.5 Å². The maximum Gasteiger partial charge on any atom is 0.197 e. The molecule has 0 bridgehead atoms. The molecule has 0 unspecified atom stereocenters. The van der Waals surface area contributed by atoms with Crippen molar-refractivity contribution in [1.82, 2.24) is 15.0 Å². The number of rotatable bonds is 8. The molecule has 5 rings (SSSR count). The number of hydrogen-bond donors (Lipinski definition) is 1. The highest BCUT2D eigenvalue weighted by Gasteiger charge is 2.28. The number of ether oxygens (including phenoxy) is 1. The van der Waals surface area contributed by atoms with Gasteiger partial charge in [0.15, 0.2) is 17.3 Å².